The number of piperazine rings is 1. The molecule has 0 atom stereocenters. The number of nitrogens with zero attached hydrogens (tertiary/aromatic N) is 2. The second kappa shape index (κ2) is 2.44. The van der Waals surface area contributed by atoms with E-state index in [0.717, 1.165) is 26.2 Å². The predicted octanol–water partition coefficient (Wildman–Crippen LogP) is 0.0302. The molecule has 2 N–H and O–H groups in total. The van der Waals surface area contributed by atoms with Gasteiger partial charge in [0.05, 0.1) is 0 Å². The maximum absolute atomic E-state index is 5.67. The first-order valence-electron chi connectivity index (χ1n) is 4.45. The lowest BCUT2D eigenvalue weighted by molar-refractivity contribution is 0.0927. The number of hydrogen-bond acceptors (Lipinski definition) is 3. The molecular weight excluding hydrogens is 138 g/mol. The summed E-state index contributed by atoms with van der Waals surface area (Å²) < 4.78 is 0. The highest BCUT2D eigenvalue weighted by Crippen LogP contribution is 2.41. The van der Waals surface area contributed by atoms with E-state index in [9.17, 15) is 0 Å². The molecule has 1 aliphatic heterocycles. The first-order valence-corrected chi connectivity index (χ1v) is 4.45. The van der Waals surface area contributed by atoms with Crippen LogP contribution < -0.4 is 5.84 Å². The average Bonchev–Trinajstić information content (AvgIpc) is 2.70. The summed E-state index contributed by atoms with van der Waals surface area (Å²) in [4.78, 5) is 2.58. The van der Waals surface area contributed by atoms with Crippen LogP contribution in [0.15, 0.2) is 0 Å². The van der Waals surface area contributed by atoms with Gasteiger partial charge < -0.3 is 0 Å². The number of hydrazine groups is 1. The molecule has 1 heterocycles. The number of rotatable bonds is 1. The highest BCUT2D eigenvalue weighted by Gasteiger charge is 2.43. The van der Waals surface area contributed by atoms with Crippen molar-refractivity contribution in [2.75, 3.05) is 26.2 Å². The number of hydrogen-bond donors (Lipinski definition) is 1. The predicted molar refractivity (Wildman–Crippen MR) is 45.0 cm³/mol. The summed E-state index contributed by atoms with van der Waals surface area (Å²) in [7, 11) is 0. The minimum Gasteiger partial charge on any atom is -0.295 e. The van der Waals surface area contributed by atoms with Crippen LogP contribution in [0, 0.1) is 0 Å². The Hall–Kier alpha value is -0.120. The van der Waals surface area contributed by atoms with E-state index < -0.39 is 0 Å². The molecule has 0 radical (unpaired) electrons. The first-order chi connectivity index (χ1) is 5.21. The molecular formula is C8H17N3. The highest BCUT2D eigenvalue weighted by molar-refractivity contribution is 5.00. The largest absolute Gasteiger partial charge is 0.295 e. The van der Waals surface area contributed by atoms with Gasteiger partial charge in [-0.25, -0.2) is 5.01 Å². The Balaban J connectivity index is 1.87. The molecule has 2 rings (SSSR count). The Morgan fingerprint density at radius 1 is 1.09 bits per heavy atom. The third kappa shape index (κ3) is 1.41. The maximum atomic E-state index is 5.67. The normalized spacial score (nSPS) is 32.2. The fourth-order valence-corrected chi connectivity index (χ4v) is 1.76. The molecule has 2 aliphatic rings. The summed E-state index contributed by atoms with van der Waals surface area (Å²) in [5.74, 6) is 5.67. The summed E-state index contributed by atoms with van der Waals surface area (Å²) in [6.07, 6.45) is 2.77. The highest BCUT2D eigenvalue weighted by atomic mass is 15.4. The monoisotopic (exact) mass is 155 g/mol. The Kier molecular flexibility index (Phi) is 1.67. The standard InChI is InChI=1S/C8H17N3/c1-8(2-3-8)10-4-6-11(9)7-5-10/h2-7,9H2,1H3. The van der Waals surface area contributed by atoms with Crippen molar-refractivity contribution in [2.45, 2.75) is 25.3 Å². The van der Waals surface area contributed by atoms with E-state index in [0.29, 0.717) is 5.54 Å². The van der Waals surface area contributed by atoms with Crippen molar-refractivity contribution in [3.05, 3.63) is 0 Å². The van der Waals surface area contributed by atoms with Crippen molar-refractivity contribution < 1.29 is 0 Å². The molecule has 1 saturated carbocycles. The van der Waals surface area contributed by atoms with Crippen molar-refractivity contribution >= 4 is 0 Å². The third-order valence-corrected chi connectivity index (χ3v) is 3.05. The lowest BCUT2D eigenvalue weighted by atomic mass is 10.2. The van der Waals surface area contributed by atoms with E-state index >= 15 is 0 Å². The molecule has 1 aliphatic carbocycles. The fourth-order valence-electron chi connectivity index (χ4n) is 1.76. The minimum atomic E-state index is 0.557. The van der Waals surface area contributed by atoms with E-state index in [1.807, 2.05) is 5.01 Å². The Bertz CT molecular complexity index is 145. The topological polar surface area (TPSA) is 32.5 Å². The molecule has 0 bridgehead atoms. The van der Waals surface area contributed by atoms with Crippen molar-refractivity contribution in [1.29, 1.82) is 0 Å². The van der Waals surface area contributed by atoms with Gasteiger partial charge in [0.15, 0.2) is 0 Å². The minimum absolute atomic E-state index is 0.557. The van der Waals surface area contributed by atoms with E-state index in [-0.39, 0.29) is 0 Å². The molecule has 0 aromatic rings. The van der Waals surface area contributed by atoms with Crippen LogP contribution in [-0.2, 0) is 0 Å². The van der Waals surface area contributed by atoms with Crippen molar-refractivity contribution in [3.8, 4) is 0 Å². The summed E-state index contributed by atoms with van der Waals surface area (Å²) in [5, 5.41) is 1.92. The van der Waals surface area contributed by atoms with Crippen molar-refractivity contribution in [1.82, 2.24) is 9.91 Å². The van der Waals surface area contributed by atoms with Gasteiger partial charge in [0.25, 0.3) is 0 Å². The molecule has 0 unspecified atom stereocenters. The van der Waals surface area contributed by atoms with E-state index in [4.69, 9.17) is 5.84 Å². The van der Waals surface area contributed by atoms with Gasteiger partial charge in [0.1, 0.15) is 0 Å². The van der Waals surface area contributed by atoms with Gasteiger partial charge in [-0.2, -0.15) is 0 Å². The average molecular weight is 155 g/mol. The van der Waals surface area contributed by atoms with E-state index in [2.05, 4.69) is 11.8 Å². The Morgan fingerprint density at radius 2 is 1.64 bits per heavy atom. The zero-order chi connectivity index (χ0) is 7.90. The van der Waals surface area contributed by atoms with Crippen LogP contribution >= 0.6 is 0 Å². The molecule has 11 heavy (non-hydrogen) atoms. The molecule has 1 saturated heterocycles. The lowest BCUT2D eigenvalue weighted by Crippen LogP contribution is -2.52. The first kappa shape index (κ1) is 7.53. The van der Waals surface area contributed by atoms with Crippen LogP contribution in [0.3, 0.4) is 0 Å². The summed E-state index contributed by atoms with van der Waals surface area (Å²) in [6, 6.07) is 0. The Morgan fingerprint density at radius 3 is 2.09 bits per heavy atom. The van der Waals surface area contributed by atoms with Crippen LogP contribution in [-0.4, -0.2) is 41.6 Å². The summed E-state index contributed by atoms with van der Waals surface area (Å²) in [5.41, 5.74) is 0.557. The lowest BCUT2D eigenvalue weighted by Gasteiger charge is -2.36. The van der Waals surface area contributed by atoms with Crippen molar-refractivity contribution in [2.24, 2.45) is 5.84 Å². The maximum Gasteiger partial charge on any atom is 0.0257 e. The molecule has 0 spiro atoms. The van der Waals surface area contributed by atoms with Crippen molar-refractivity contribution in [3.63, 3.8) is 0 Å². The molecule has 2 fully saturated rings. The smallest absolute Gasteiger partial charge is 0.0257 e. The molecule has 64 valence electrons. The molecule has 3 nitrogen and oxygen atoms in total. The van der Waals surface area contributed by atoms with E-state index in [1.165, 1.54) is 12.8 Å². The van der Waals surface area contributed by atoms with Crippen LogP contribution in [0.5, 0.6) is 0 Å². The zero-order valence-electron chi connectivity index (χ0n) is 7.21. The van der Waals surface area contributed by atoms with E-state index in [1.54, 1.807) is 0 Å². The molecule has 0 aromatic carbocycles. The molecule has 0 aromatic heterocycles. The van der Waals surface area contributed by atoms with Crippen LogP contribution in [0.1, 0.15) is 19.8 Å². The fraction of sp³-hybridized carbons (Fsp3) is 1.00. The van der Waals surface area contributed by atoms with Crippen LogP contribution in [0.25, 0.3) is 0 Å². The van der Waals surface area contributed by atoms with Gasteiger partial charge in [0.2, 0.25) is 0 Å². The second-order valence-corrected chi connectivity index (χ2v) is 4.02. The van der Waals surface area contributed by atoms with Crippen LogP contribution in [0.2, 0.25) is 0 Å². The summed E-state index contributed by atoms with van der Waals surface area (Å²) >= 11 is 0. The van der Waals surface area contributed by atoms with Gasteiger partial charge in [-0.1, -0.05) is 0 Å². The number of nitrogens with two attached hydrogens (primary N) is 1. The van der Waals surface area contributed by atoms with Gasteiger partial charge in [-0.3, -0.25) is 10.7 Å². The van der Waals surface area contributed by atoms with Gasteiger partial charge >= 0.3 is 0 Å². The SMILES string of the molecule is CC1(N2CCN(N)CC2)CC1. The van der Waals surface area contributed by atoms with Crippen LogP contribution in [0.4, 0.5) is 0 Å². The Labute approximate surface area is 68.1 Å². The zero-order valence-corrected chi connectivity index (χ0v) is 7.21. The summed E-state index contributed by atoms with van der Waals surface area (Å²) in [6.45, 7) is 6.75. The molecule has 3 heteroatoms. The van der Waals surface area contributed by atoms with Gasteiger partial charge in [0, 0.05) is 31.7 Å². The van der Waals surface area contributed by atoms with Gasteiger partial charge in [-0.15, -0.1) is 0 Å². The second-order valence-electron chi connectivity index (χ2n) is 4.02. The molecule has 0 amide bonds. The third-order valence-electron chi connectivity index (χ3n) is 3.05. The van der Waals surface area contributed by atoms with Gasteiger partial charge in [-0.05, 0) is 19.8 Å². The quantitative estimate of drug-likeness (QED) is 0.542.